The first-order chi connectivity index (χ1) is 15.7. The lowest BCUT2D eigenvalue weighted by atomic mass is 10.2. The molecule has 8 nitrogen and oxygen atoms in total. The highest BCUT2D eigenvalue weighted by Crippen LogP contribution is 2.25. The van der Waals surface area contributed by atoms with Gasteiger partial charge >= 0.3 is 0 Å². The van der Waals surface area contributed by atoms with Crippen LogP contribution in [0, 0.1) is 0 Å². The Balaban J connectivity index is 0.000000668. The predicted octanol–water partition coefficient (Wildman–Crippen LogP) is 3.76. The summed E-state index contributed by atoms with van der Waals surface area (Å²) in [5.74, 6) is 2.21. The SMILES string of the molecule is C/C=C/c1cnc(Nc2ccc(N3CCNCC3)cn2)nc1NC1CCCC1.C=CNC. The van der Waals surface area contributed by atoms with Gasteiger partial charge < -0.3 is 26.2 Å². The number of hydrogen-bond donors (Lipinski definition) is 4. The second-order valence-corrected chi connectivity index (χ2v) is 7.88. The summed E-state index contributed by atoms with van der Waals surface area (Å²) in [5, 5.41) is 12.9. The lowest BCUT2D eigenvalue weighted by Gasteiger charge is -2.29. The Hall–Kier alpha value is -3.13. The largest absolute Gasteiger partial charge is 0.394 e. The highest BCUT2D eigenvalue weighted by atomic mass is 15.2. The van der Waals surface area contributed by atoms with Crippen LogP contribution in [-0.4, -0.2) is 54.2 Å². The second kappa shape index (κ2) is 12.7. The van der Waals surface area contributed by atoms with Crippen molar-refractivity contribution in [3.8, 4) is 0 Å². The smallest absolute Gasteiger partial charge is 0.230 e. The van der Waals surface area contributed by atoms with Crippen molar-refractivity contribution in [3.63, 3.8) is 0 Å². The van der Waals surface area contributed by atoms with Crippen LogP contribution >= 0.6 is 0 Å². The predicted molar refractivity (Wildman–Crippen MR) is 134 cm³/mol. The lowest BCUT2D eigenvalue weighted by molar-refractivity contribution is 0.589. The fourth-order valence-electron chi connectivity index (χ4n) is 3.82. The van der Waals surface area contributed by atoms with Crippen LogP contribution in [0.15, 0.2) is 43.4 Å². The molecule has 4 N–H and O–H groups in total. The molecule has 0 radical (unpaired) electrons. The zero-order chi connectivity index (χ0) is 22.6. The fraction of sp³-hybridized carbons (Fsp3) is 0.458. The van der Waals surface area contributed by atoms with Crippen molar-refractivity contribution in [2.75, 3.05) is 48.8 Å². The summed E-state index contributed by atoms with van der Waals surface area (Å²) in [7, 11) is 1.81. The maximum Gasteiger partial charge on any atom is 0.230 e. The normalized spacial score (nSPS) is 16.4. The Bertz CT molecular complexity index is 853. The molecule has 1 saturated heterocycles. The van der Waals surface area contributed by atoms with Gasteiger partial charge in [-0.2, -0.15) is 4.98 Å². The first-order valence-electron chi connectivity index (χ1n) is 11.5. The number of aromatic nitrogens is 3. The average molecular weight is 437 g/mol. The minimum atomic E-state index is 0.503. The standard InChI is InChI=1S/C21H29N7.C3H7N/c1-2-5-16-14-24-21(27-20(16)25-17-6-3-4-7-17)26-19-9-8-18(15-23-19)28-12-10-22-11-13-28;1-3-4-2/h2,5,8-9,14-15,17,22H,3-4,6-7,10-13H2,1H3,(H2,23,24,25,26,27);3-4H,1H2,2H3/b5-2+;. The van der Waals surface area contributed by atoms with E-state index >= 15 is 0 Å². The summed E-state index contributed by atoms with van der Waals surface area (Å²) in [6.07, 6.45) is 14.4. The van der Waals surface area contributed by atoms with Gasteiger partial charge in [-0.25, -0.2) is 9.97 Å². The number of rotatable bonds is 7. The molecule has 1 aliphatic heterocycles. The van der Waals surface area contributed by atoms with E-state index in [0.29, 0.717) is 12.0 Å². The summed E-state index contributed by atoms with van der Waals surface area (Å²) in [5.41, 5.74) is 2.17. The number of anilines is 4. The molecular weight excluding hydrogens is 400 g/mol. The van der Waals surface area contributed by atoms with Gasteiger partial charge in [0.15, 0.2) is 0 Å². The number of allylic oxidation sites excluding steroid dienone is 1. The highest BCUT2D eigenvalue weighted by Gasteiger charge is 2.17. The van der Waals surface area contributed by atoms with Crippen LogP contribution in [0.2, 0.25) is 0 Å². The third-order valence-corrected chi connectivity index (χ3v) is 5.53. The van der Waals surface area contributed by atoms with E-state index in [1.165, 1.54) is 25.7 Å². The number of piperazine rings is 1. The summed E-state index contributed by atoms with van der Waals surface area (Å²) in [4.78, 5) is 16.1. The molecule has 2 aromatic rings. The van der Waals surface area contributed by atoms with Crippen LogP contribution in [0.25, 0.3) is 6.08 Å². The maximum absolute atomic E-state index is 4.72. The minimum absolute atomic E-state index is 0.503. The van der Waals surface area contributed by atoms with Crippen molar-refractivity contribution in [2.24, 2.45) is 0 Å². The maximum atomic E-state index is 4.72. The molecule has 4 rings (SSSR count). The van der Waals surface area contributed by atoms with Crippen molar-refractivity contribution >= 4 is 29.3 Å². The van der Waals surface area contributed by atoms with Crippen LogP contribution in [0.5, 0.6) is 0 Å². The molecule has 2 aliphatic rings. The van der Waals surface area contributed by atoms with E-state index in [1.54, 1.807) is 6.20 Å². The molecule has 0 aromatic carbocycles. The molecule has 0 amide bonds. The Kier molecular flexibility index (Phi) is 9.31. The number of nitrogens with one attached hydrogen (secondary N) is 4. The molecule has 3 heterocycles. The van der Waals surface area contributed by atoms with E-state index in [0.717, 1.165) is 49.1 Å². The lowest BCUT2D eigenvalue weighted by Crippen LogP contribution is -2.43. The zero-order valence-electron chi connectivity index (χ0n) is 19.3. The van der Waals surface area contributed by atoms with Gasteiger partial charge in [-0.1, -0.05) is 31.6 Å². The third-order valence-electron chi connectivity index (χ3n) is 5.53. The van der Waals surface area contributed by atoms with Crippen molar-refractivity contribution < 1.29 is 0 Å². The van der Waals surface area contributed by atoms with Crippen LogP contribution in [0.4, 0.5) is 23.3 Å². The number of pyridine rings is 1. The van der Waals surface area contributed by atoms with Gasteiger partial charge in [-0.3, -0.25) is 0 Å². The van der Waals surface area contributed by atoms with Crippen LogP contribution < -0.4 is 26.2 Å². The Morgan fingerprint density at radius 3 is 2.50 bits per heavy atom. The molecule has 2 fully saturated rings. The molecule has 1 aliphatic carbocycles. The van der Waals surface area contributed by atoms with E-state index in [4.69, 9.17) is 4.98 Å². The third kappa shape index (κ3) is 6.95. The Morgan fingerprint density at radius 1 is 1.12 bits per heavy atom. The summed E-state index contributed by atoms with van der Waals surface area (Å²) < 4.78 is 0. The van der Waals surface area contributed by atoms with Crippen LogP contribution in [0.3, 0.4) is 0 Å². The summed E-state index contributed by atoms with van der Waals surface area (Å²) in [6.45, 7) is 9.44. The number of hydrogen-bond acceptors (Lipinski definition) is 8. The molecule has 172 valence electrons. The van der Waals surface area contributed by atoms with Crippen molar-refractivity contribution in [3.05, 3.63) is 48.9 Å². The average Bonchev–Trinajstić information content (AvgIpc) is 3.35. The van der Waals surface area contributed by atoms with E-state index in [2.05, 4.69) is 48.8 Å². The molecule has 1 saturated carbocycles. The molecule has 8 heteroatoms. The molecule has 2 aromatic heterocycles. The molecule has 0 atom stereocenters. The minimum Gasteiger partial charge on any atom is -0.394 e. The molecule has 0 bridgehead atoms. The summed E-state index contributed by atoms with van der Waals surface area (Å²) in [6, 6.07) is 4.60. The topological polar surface area (TPSA) is 90.0 Å². The zero-order valence-corrected chi connectivity index (χ0v) is 19.3. The van der Waals surface area contributed by atoms with Crippen molar-refractivity contribution in [1.29, 1.82) is 0 Å². The second-order valence-electron chi connectivity index (χ2n) is 7.88. The molecular formula is C24H36N8. The van der Waals surface area contributed by atoms with E-state index in [9.17, 15) is 0 Å². The van der Waals surface area contributed by atoms with Gasteiger partial charge in [-0.15, -0.1) is 0 Å². The first kappa shape index (κ1) is 23.5. The van der Waals surface area contributed by atoms with Gasteiger partial charge in [0.25, 0.3) is 0 Å². The van der Waals surface area contributed by atoms with Gasteiger partial charge in [0.2, 0.25) is 5.95 Å². The van der Waals surface area contributed by atoms with Crippen LogP contribution in [-0.2, 0) is 0 Å². The van der Waals surface area contributed by atoms with Gasteiger partial charge in [-0.05, 0) is 38.1 Å². The number of nitrogens with zero attached hydrogens (tertiary/aromatic N) is 4. The van der Waals surface area contributed by atoms with Gasteiger partial charge in [0, 0.05) is 51.0 Å². The van der Waals surface area contributed by atoms with Crippen LogP contribution in [0.1, 0.15) is 38.2 Å². The van der Waals surface area contributed by atoms with Gasteiger partial charge in [0.05, 0.1) is 11.9 Å². The van der Waals surface area contributed by atoms with E-state index in [-0.39, 0.29) is 0 Å². The Labute approximate surface area is 191 Å². The van der Waals surface area contributed by atoms with Crippen molar-refractivity contribution in [2.45, 2.75) is 38.6 Å². The highest BCUT2D eigenvalue weighted by molar-refractivity contribution is 5.65. The molecule has 0 spiro atoms. The summed E-state index contributed by atoms with van der Waals surface area (Å²) >= 11 is 0. The first-order valence-corrected chi connectivity index (χ1v) is 11.5. The molecule has 32 heavy (non-hydrogen) atoms. The Morgan fingerprint density at radius 2 is 1.88 bits per heavy atom. The monoisotopic (exact) mass is 436 g/mol. The molecule has 0 unspecified atom stereocenters. The van der Waals surface area contributed by atoms with E-state index < -0.39 is 0 Å². The van der Waals surface area contributed by atoms with E-state index in [1.807, 2.05) is 44.6 Å². The fourth-order valence-corrected chi connectivity index (χ4v) is 3.82. The van der Waals surface area contributed by atoms with Crippen molar-refractivity contribution in [1.82, 2.24) is 25.6 Å². The quantitative estimate of drug-likeness (QED) is 0.522. The van der Waals surface area contributed by atoms with Gasteiger partial charge in [0.1, 0.15) is 11.6 Å².